The lowest BCUT2D eigenvalue weighted by Gasteiger charge is -2.09. The molecule has 0 atom stereocenters. The maximum Gasteiger partial charge on any atom is 0.341 e. The first-order valence-electron chi connectivity index (χ1n) is 6.18. The SMILES string of the molecule is O=C(O)COc1c(I)cc(/C=N/NC(=O)c2cccs2)cc1I. The average molecular weight is 556 g/mol. The van der Waals surface area contributed by atoms with Crippen LogP contribution in [0.4, 0.5) is 0 Å². The molecule has 2 N–H and O–H groups in total. The molecule has 9 heteroatoms. The van der Waals surface area contributed by atoms with Gasteiger partial charge in [-0.25, -0.2) is 10.2 Å². The lowest BCUT2D eigenvalue weighted by molar-refractivity contribution is -0.139. The van der Waals surface area contributed by atoms with Gasteiger partial charge in [0, 0.05) is 0 Å². The third-order valence-electron chi connectivity index (χ3n) is 2.49. The summed E-state index contributed by atoms with van der Waals surface area (Å²) in [6.07, 6.45) is 1.52. The van der Waals surface area contributed by atoms with Crippen LogP contribution in [-0.4, -0.2) is 29.8 Å². The maximum absolute atomic E-state index is 11.7. The van der Waals surface area contributed by atoms with Gasteiger partial charge < -0.3 is 9.84 Å². The maximum atomic E-state index is 11.7. The minimum atomic E-state index is -1.03. The minimum Gasteiger partial charge on any atom is -0.480 e. The standard InChI is InChI=1S/C14H10I2N2O4S/c15-9-4-8(5-10(16)13(9)22-7-12(19)20)6-17-18-14(21)11-2-1-3-23-11/h1-6H,7H2,(H,18,21)(H,19,20)/b17-6+. The van der Waals surface area contributed by atoms with Crippen molar-refractivity contribution in [2.45, 2.75) is 0 Å². The zero-order chi connectivity index (χ0) is 16.8. The van der Waals surface area contributed by atoms with Crippen LogP contribution in [-0.2, 0) is 4.79 Å². The lowest BCUT2D eigenvalue weighted by atomic mass is 10.2. The number of hydrogen-bond donors (Lipinski definition) is 2. The molecule has 1 aromatic carbocycles. The van der Waals surface area contributed by atoms with Gasteiger partial charge in [0.1, 0.15) is 5.75 Å². The first kappa shape index (κ1) is 18.1. The number of amides is 1. The third kappa shape index (κ3) is 5.42. The van der Waals surface area contributed by atoms with E-state index in [4.69, 9.17) is 9.84 Å². The molecule has 1 aromatic heterocycles. The van der Waals surface area contributed by atoms with Crippen molar-refractivity contribution < 1.29 is 19.4 Å². The van der Waals surface area contributed by atoms with E-state index in [2.05, 4.69) is 55.7 Å². The summed E-state index contributed by atoms with van der Waals surface area (Å²) in [5.41, 5.74) is 3.23. The molecule has 0 saturated carbocycles. The summed E-state index contributed by atoms with van der Waals surface area (Å²) >= 11 is 5.46. The Morgan fingerprint density at radius 1 is 1.35 bits per heavy atom. The van der Waals surface area contributed by atoms with Crippen molar-refractivity contribution in [2.75, 3.05) is 6.61 Å². The molecule has 0 unspecified atom stereocenters. The van der Waals surface area contributed by atoms with Crippen LogP contribution in [0.2, 0.25) is 0 Å². The van der Waals surface area contributed by atoms with E-state index >= 15 is 0 Å². The predicted molar refractivity (Wildman–Crippen MR) is 104 cm³/mol. The molecule has 0 radical (unpaired) electrons. The summed E-state index contributed by atoms with van der Waals surface area (Å²) in [6.45, 7) is -0.393. The fourth-order valence-corrected chi connectivity index (χ4v) is 4.30. The number of hydrazone groups is 1. The molecule has 0 aliphatic carbocycles. The number of carboxylic acids is 1. The van der Waals surface area contributed by atoms with Gasteiger partial charge in [-0.15, -0.1) is 11.3 Å². The van der Waals surface area contributed by atoms with Gasteiger partial charge in [0.15, 0.2) is 6.61 Å². The lowest BCUT2D eigenvalue weighted by Crippen LogP contribution is -2.16. The first-order valence-corrected chi connectivity index (χ1v) is 9.21. The topological polar surface area (TPSA) is 88.0 Å². The highest BCUT2D eigenvalue weighted by atomic mass is 127. The van der Waals surface area contributed by atoms with Crippen LogP contribution >= 0.6 is 56.5 Å². The molecule has 23 heavy (non-hydrogen) atoms. The van der Waals surface area contributed by atoms with Crippen molar-refractivity contribution >= 4 is 74.6 Å². The Morgan fingerprint density at radius 3 is 2.61 bits per heavy atom. The Bertz CT molecular complexity index is 724. The smallest absolute Gasteiger partial charge is 0.341 e. The van der Waals surface area contributed by atoms with Crippen molar-refractivity contribution in [3.8, 4) is 5.75 Å². The quantitative estimate of drug-likeness (QED) is 0.325. The summed E-state index contributed by atoms with van der Waals surface area (Å²) in [5, 5.41) is 14.4. The number of aliphatic carboxylic acids is 1. The molecular weight excluding hydrogens is 546 g/mol. The van der Waals surface area contributed by atoms with Crippen molar-refractivity contribution in [3.63, 3.8) is 0 Å². The Hall–Kier alpha value is -1.21. The number of carbonyl (C=O) groups is 2. The number of benzene rings is 1. The number of nitrogens with one attached hydrogen (secondary N) is 1. The Morgan fingerprint density at radius 2 is 2.04 bits per heavy atom. The van der Waals surface area contributed by atoms with E-state index in [9.17, 15) is 9.59 Å². The van der Waals surface area contributed by atoms with Crippen LogP contribution < -0.4 is 10.2 Å². The molecule has 1 heterocycles. The van der Waals surface area contributed by atoms with Crippen molar-refractivity contribution in [3.05, 3.63) is 47.2 Å². The van der Waals surface area contributed by atoms with Crippen LogP contribution in [0.15, 0.2) is 34.7 Å². The number of halogens is 2. The largest absolute Gasteiger partial charge is 0.480 e. The molecule has 0 aliphatic rings. The predicted octanol–water partition coefficient (Wildman–Crippen LogP) is 3.18. The molecule has 0 fully saturated rings. The Kier molecular flexibility index (Phi) is 6.77. The van der Waals surface area contributed by atoms with E-state index in [1.165, 1.54) is 17.6 Å². The molecular formula is C14H10I2N2O4S. The number of ether oxygens (including phenoxy) is 1. The summed E-state index contributed by atoms with van der Waals surface area (Å²) in [5.74, 6) is -0.769. The highest BCUT2D eigenvalue weighted by molar-refractivity contribution is 14.1. The molecule has 2 aromatic rings. The Labute approximate surface area is 163 Å². The summed E-state index contributed by atoms with van der Waals surface area (Å²) < 4.78 is 6.78. The Balaban J connectivity index is 2.04. The second kappa shape index (κ2) is 8.59. The van der Waals surface area contributed by atoms with Crippen molar-refractivity contribution in [2.24, 2.45) is 5.10 Å². The number of hydrogen-bond acceptors (Lipinski definition) is 5. The molecule has 0 aliphatic heterocycles. The van der Waals surface area contributed by atoms with Crippen LogP contribution in [0.1, 0.15) is 15.2 Å². The number of thiophene rings is 1. The number of rotatable bonds is 6. The third-order valence-corrected chi connectivity index (χ3v) is 4.96. The van der Waals surface area contributed by atoms with Crippen LogP contribution in [0.3, 0.4) is 0 Å². The van der Waals surface area contributed by atoms with E-state index in [1.54, 1.807) is 24.3 Å². The molecule has 6 nitrogen and oxygen atoms in total. The molecule has 0 spiro atoms. The number of carboxylic acid groups (broad SMARTS) is 1. The van der Waals surface area contributed by atoms with Gasteiger partial charge in [-0.1, -0.05) is 6.07 Å². The van der Waals surface area contributed by atoms with E-state index < -0.39 is 12.6 Å². The van der Waals surface area contributed by atoms with E-state index in [1.807, 2.05) is 5.38 Å². The zero-order valence-electron chi connectivity index (χ0n) is 11.5. The van der Waals surface area contributed by atoms with Crippen LogP contribution in [0.25, 0.3) is 0 Å². The molecule has 1 amide bonds. The van der Waals surface area contributed by atoms with Gasteiger partial charge in [-0.2, -0.15) is 5.10 Å². The van der Waals surface area contributed by atoms with Gasteiger partial charge in [-0.3, -0.25) is 4.79 Å². The van der Waals surface area contributed by atoms with Gasteiger partial charge in [0.25, 0.3) is 5.91 Å². The normalized spacial score (nSPS) is 10.7. The highest BCUT2D eigenvalue weighted by Gasteiger charge is 2.10. The monoisotopic (exact) mass is 556 g/mol. The summed E-state index contributed by atoms with van der Waals surface area (Å²) in [4.78, 5) is 22.9. The molecule has 0 saturated heterocycles. The van der Waals surface area contributed by atoms with Gasteiger partial charge in [-0.05, 0) is 74.3 Å². The van der Waals surface area contributed by atoms with Crippen LogP contribution in [0.5, 0.6) is 5.75 Å². The fraction of sp³-hybridized carbons (Fsp3) is 0.0714. The second-order valence-electron chi connectivity index (χ2n) is 4.17. The fourth-order valence-electron chi connectivity index (χ4n) is 1.55. The number of carbonyl (C=O) groups excluding carboxylic acids is 1. The summed E-state index contributed by atoms with van der Waals surface area (Å²) in [7, 11) is 0. The van der Waals surface area contributed by atoms with Gasteiger partial charge >= 0.3 is 5.97 Å². The van der Waals surface area contributed by atoms with Gasteiger partial charge in [0.05, 0.1) is 18.2 Å². The van der Waals surface area contributed by atoms with E-state index in [0.29, 0.717) is 10.6 Å². The molecule has 2 rings (SSSR count). The molecule has 0 bridgehead atoms. The van der Waals surface area contributed by atoms with Crippen molar-refractivity contribution in [1.82, 2.24) is 5.43 Å². The highest BCUT2D eigenvalue weighted by Crippen LogP contribution is 2.28. The second-order valence-corrected chi connectivity index (χ2v) is 7.44. The van der Waals surface area contributed by atoms with Crippen molar-refractivity contribution in [1.29, 1.82) is 0 Å². The molecule has 120 valence electrons. The first-order chi connectivity index (χ1) is 11.0. The number of nitrogens with zero attached hydrogens (tertiary/aromatic N) is 1. The summed E-state index contributed by atoms with van der Waals surface area (Å²) in [6, 6.07) is 7.10. The van der Waals surface area contributed by atoms with E-state index in [0.717, 1.165) is 12.7 Å². The minimum absolute atomic E-state index is 0.262. The van der Waals surface area contributed by atoms with Crippen LogP contribution in [0, 0.1) is 7.14 Å². The van der Waals surface area contributed by atoms with E-state index in [-0.39, 0.29) is 5.91 Å². The average Bonchev–Trinajstić information content (AvgIpc) is 3.00. The van der Waals surface area contributed by atoms with Gasteiger partial charge in [0.2, 0.25) is 0 Å². The zero-order valence-corrected chi connectivity index (χ0v) is 16.6.